The average molecular weight is 385 g/mol. The molecule has 149 valence electrons. The summed E-state index contributed by atoms with van der Waals surface area (Å²) in [5, 5.41) is 12.9. The minimum atomic E-state index is -0.946. The molecule has 2 nitrogen and oxygen atoms in total. The van der Waals surface area contributed by atoms with E-state index < -0.39 is 11.2 Å². The molecule has 3 heteroatoms. The molecule has 0 aromatic heterocycles. The standard InChI is InChI=1S/C26H30BO2/c1-24(2,3)16-11-12-17-19-13-14-22(27-29-26(6,7)25(4,5)28)20-10-8-9-18(23(19)20)21(17)15-16/h8-15,28H,1-7H3. The van der Waals surface area contributed by atoms with Gasteiger partial charge in [0.2, 0.25) is 0 Å². The third-order valence-electron chi connectivity index (χ3n) is 6.49. The molecule has 29 heavy (non-hydrogen) atoms. The summed E-state index contributed by atoms with van der Waals surface area (Å²) in [4.78, 5) is 0. The molecule has 0 unspecified atom stereocenters. The molecular weight excluding hydrogens is 355 g/mol. The number of fused-ring (bicyclic) bond motifs is 3. The van der Waals surface area contributed by atoms with Crippen LogP contribution in [0.15, 0.2) is 48.5 Å². The highest BCUT2D eigenvalue weighted by Crippen LogP contribution is 2.47. The van der Waals surface area contributed by atoms with Crippen molar-refractivity contribution in [3.05, 3.63) is 54.1 Å². The van der Waals surface area contributed by atoms with E-state index in [9.17, 15) is 5.11 Å². The van der Waals surface area contributed by atoms with Gasteiger partial charge in [-0.25, -0.2) is 0 Å². The Labute approximate surface area is 175 Å². The van der Waals surface area contributed by atoms with Gasteiger partial charge < -0.3 is 9.76 Å². The second-order valence-electron chi connectivity index (χ2n) is 10.2. The molecular formula is C26H30BO2. The van der Waals surface area contributed by atoms with Crippen molar-refractivity contribution in [3.63, 3.8) is 0 Å². The van der Waals surface area contributed by atoms with Crippen molar-refractivity contribution in [2.24, 2.45) is 0 Å². The fourth-order valence-electron chi connectivity index (χ4n) is 3.80. The van der Waals surface area contributed by atoms with Crippen LogP contribution in [0.3, 0.4) is 0 Å². The van der Waals surface area contributed by atoms with Gasteiger partial charge in [-0.2, -0.15) is 0 Å². The van der Waals surface area contributed by atoms with Gasteiger partial charge in [0.25, 0.3) is 0 Å². The molecule has 0 fully saturated rings. The summed E-state index contributed by atoms with van der Waals surface area (Å²) < 4.78 is 6.05. The monoisotopic (exact) mass is 385 g/mol. The molecule has 3 aromatic rings. The lowest BCUT2D eigenvalue weighted by Crippen LogP contribution is -2.49. The van der Waals surface area contributed by atoms with Crippen molar-refractivity contribution in [3.8, 4) is 22.3 Å². The van der Waals surface area contributed by atoms with E-state index in [1.165, 1.54) is 38.6 Å². The third kappa shape index (κ3) is 3.31. The van der Waals surface area contributed by atoms with Crippen LogP contribution in [0.2, 0.25) is 0 Å². The first-order valence-electron chi connectivity index (χ1n) is 10.3. The van der Waals surface area contributed by atoms with Gasteiger partial charge in [0, 0.05) is 0 Å². The fourth-order valence-corrected chi connectivity index (χ4v) is 3.80. The molecule has 1 radical (unpaired) electrons. The average Bonchev–Trinajstić information content (AvgIpc) is 2.95. The van der Waals surface area contributed by atoms with E-state index in [1.807, 2.05) is 13.8 Å². The maximum absolute atomic E-state index is 10.4. The minimum absolute atomic E-state index is 0.118. The Bertz CT molecular complexity index is 1100. The van der Waals surface area contributed by atoms with Gasteiger partial charge in [0.1, 0.15) is 0 Å². The van der Waals surface area contributed by atoms with Crippen LogP contribution < -0.4 is 5.46 Å². The van der Waals surface area contributed by atoms with Crippen LogP contribution >= 0.6 is 0 Å². The summed E-state index contributed by atoms with van der Waals surface area (Å²) >= 11 is 0. The zero-order chi connectivity index (χ0) is 21.2. The van der Waals surface area contributed by atoms with Crippen LogP contribution in [0.25, 0.3) is 33.0 Å². The number of benzene rings is 3. The molecule has 3 aromatic carbocycles. The van der Waals surface area contributed by atoms with Crippen LogP contribution in [0.4, 0.5) is 0 Å². The van der Waals surface area contributed by atoms with E-state index in [4.69, 9.17) is 4.65 Å². The zero-order valence-corrected chi connectivity index (χ0v) is 18.6. The molecule has 1 N–H and O–H groups in total. The lowest BCUT2D eigenvalue weighted by Gasteiger charge is -2.37. The number of aliphatic hydroxyl groups is 1. The Balaban J connectivity index is 1.80. The quantitative estimate of drug-likeness (QED) is 0.464. The lowest BCUT2D eigenvalue weighted by molar-refractivity contribution is -0.0893. The second kappa shape index (κ2) is 6.45. The van der Waals surface area contributed by atoms with Crippen LogP contribution in [0.1, 0.15) is 54.0 Å². The molecule has 0 atom stereocenters. The van der Waals surface area contributed by atoms with E-state index in [0.29, 0.717) is 0 Å². The van der Waals surface area contributed by atoms with Crippen molar-refractivity contribution in [1.29, 1.82) is 0 Å². The van der Waals surface area contributed by atoms with Crippen molar-refractivity contribution in [2.45, 2.75) is 65.1 Å². The Hall–Kier alpha value is -2.10. The third-order valence-corrected chi connectivity index (χ3v) is 6.49. The van der Waals surface area contributed by atoms with Gasteiger partial charge in [-0.05, 0) is 83.2 Å². The molecule has 4 rings (SSSR count). The van der Waals surface area contributed by atoms with Gasteiger partial charge in [-0.1, -0.05) is 63.2 Å². The first-order chi connectivity index (χ1) is 13.4. The van der Waals surface area contributed by atoms with Gasteiger partial charge in [-0.3, -0.25) is 0 Å². The molecule has 0 bridgehead atoms. The van der Waals surface area contributed by atoms with Crippen molar-refractivity contribution in [2.75, 3.05) is 0 Å². The molecule has 0 amide bonds. The summed E-state index contributed by atoms with van der Waals surface area (Å²) in [6, 6.07) is 17.7. The Morgan fingerprint density at radius 1 is 0.759 bits per heavy atom. The summed E-state index contributed by atoms with van der Waals surface area (Å²) in [6.45, 7) is 14.1. The largest absolute Gasteiger partial charge is 0.427 e. The zero-order valence-electron chi connectivity index (χ0n) is 18.6. The van der Waals surface area contributed by atoms with E-state index >= 15 is 0 Å². The van der Waals surface area contributed by atoms with E-state index in [-0.39, 0.29) is 5.41 Å². The van der Waals surface area contributed by atoms with Crippen LogP contribution in [0.5, 0.6) is 0 Å². The maximum Gasteiger partial charge on any atom is 0.331 e. The van der Waals surface area contributed by atoms with Crippen LogP contribution in [0, 0.1) is 0 Å². The summed E-state index contributed by atoms with van der Waals surface area (Å²) in [6.07, 6.45) is 0. The summed E-state index contributed by atoms with van der Waals surface area (Å²) in [5.41, 5.74) is 6.04. The fraction of sp³-hybridized carbons (Fsp3) is 0.385. The van der Waals surface area contributed by atoms with Crippen molar-refractivity contribution in [1.82, 2.24) is 0 Å². The van der Waals surface area contributed by atoms with Crippen LogP contribution in [-0.4, -0.2) is 23.8 Å². The first-order valence-corrected chi connectivity index (χ1v) is 10.3. The molecule has 1 aliphatic rings. The molecule has 0 saturated carbocycles. The van der Waals surface area contributed by atoms with Crippen molar-refractivity contribution < 1.29 is 9.76 Å². The molecule has 0 spiro atoms. The maximum atomic E-state index is 10.4. The number of hydrogen-bond donors (Lipinski definition) is 1. The Morgan fingerprint density at radius 2 is 1.41 bits per heavy atom. The second-order valence-corrected chi connectivity index (χ2v) is 10.2. The summed E-state index contributed by atoms with van der Waals surface area (Å²) in [5.74, 6) is 0. The summed E-state index contributed by atoms with van der Waals surface area (Å²) in [7, 11) is 1.80. The van der Waals surface area contributed by atoms with E-state index in [2.05, 4.69) is 69.3 Å². The SMILES string of the molecule is CC(C)(C)c1ccc2c(c1)-c1cccc3c([B]OC(C)(C)C(C)(C)O)ccc-2c13. The van der Waals surface area contributed by atoms with Crippen molar-refractivity contribution >= 4 is 23.7 Å². The predicted molar refractivity (Wildman–Crippen MR) is 124 cm³/mol. The molecule has 0 saturated heterocycles. The van der Waals surface area contributed by atoms with Gasteiger partial charge in [0.05, 0.1) is 11.2 Å². The minimum Gasteiger partial charge on any atom is -0.427 e. The lowest BCUT2D eigenvalue weighted by atomic mass is 9.79. The molecule has 0 heterocycles. The molecule has 1 aliphatic carbocycles. The topological polar surface area (TPSA) is 29.5 Å². The number of rotatable bonds is 4. The van der Waals surface area contributed by atoms with E-state index in [0.717, 1.165) is 5.46 Å². The predicted octanol–water partition coefficient (Wildman–Crippen LogP) is 5.60. The van der Waals surface area contributed by atoms with Gasteiger partial charge in [-0.15, -0.1) is 0 Å². The highest BCUT2D eigenvalue weighted by Gasteiger charge is 2.36. The normalized spacial score (nSPS) is 13.7. The smallest absolute Gasteiger partial charge is 0.331 e. The Kier molecular flexibility index (Phi) is 4.49. The number of hydrogen-bond acceptors (Lipinski definition) is 2. The van der Waals surface area contributed by atoms with Gasteiger partial charge in [0.15, 0.2) is 0 Å². The highest BCUT2D eigenvalue weighted by molar-refractivity contribution is 6.52. The van der Waals surface area contributed by atoms with Crippen LogP contribution in [-0.2, 0) is 10.1 Å². The molecule has 0 aliphatic heterocycles. The van der Waals surface area contributed by atoms with E-state index in [1.54, 1.807) is 21.3 Å². The first kappa shape index (κ1) is 20.2. The Morgan fingerprint density at radius 3 is 2.07 bits per heavy atom. The van der Waals surface area contributed by atoms with Gasteiger partial charge >= 0.3 is 7.48 Å². The highest BCUT2D eigenvalue weighted by atomic mass is 16.5.